The topological polar surface area (TPSA) is 58.6 Å². The standard InChI is InChI=1S/C20H25NO3/c1-14(2)24-18-9-7-17(8-10-18)19(22)13-21-20(23)12-16-6-4-5-15(3)11-16/h4-11,14,19,22H,12-13H2,1-3H3,(H,21,23). The summed E-state index contributed by atoms with van der Waals surface area (Å²) in [5.41, 5.74) is 2.85. The van der Waals surface area contributed by atoms with E-state index in [0.29, 0.717) is 6.42 Å². The van der Waals surface area contributed by atoms with Gasteiger partial charge in [0.15, 0.2) is 0 Å². The predicted molar refractivity (Wildman–Crippen MR) is 95.1 cm³/mol. The van der Waals surface area contributed by atoms with Crippen LogP contribution in [0.3, 0.4) is 0 Å². The molecule has 1 unspecified atom stereocenters. The van der Waals surface area contributed by atoms with Crippen molar-refractivity contribution in [1.29, 1.82) is 0 Å². The summed E-state index contributed by atoms with van der Waals surface area (Å²) < 4.78 is 5.57. The fourth-order valence-electron chi connectivity index (χ4n) is 2.44. The summed E-state index contributed by atoms with van der Waals surface area (Å²) in [6, 6.07) is 15.1. The molecule has 1 atom stereocenters. The number of nitrogens with one attached hydrogen (secondary N) is 1. The highest BCUT2D eigenvalue weighted by Crippen LogP contribution is 2.18. The quantitative estimate of drug-likeness (QED) is 0.821. The minimum absolute atomic E-state index is 0.0978. The molecule has 0 aliphatic rings. The van der Waals surface area contributed by atoms with Crippen LogP contribution in [0.25, 0.3) is 0 Å². The molecule has 0 radical (unpaired) electrons. The lowest BCUT2D eigenvalue weighted by Gasteiger charge is -2.14. The van der Waals surface area contributed by atoms with Crippen LogP contribution in [0.4, 0.5) is 0 Å². The van der Waals surface area contributed by atoms with Gasteiger partial charge in [0, 0.05) is 6.54 Å². The van der Waals surface area contributed by atoms with E-state index in [9.17, 15) is 9.90 Å². The summed E-state index contributed by atoms with van der Waals surface area (Å²) in [5, 5.41) is 13.0. The summed E-state index contributed by atoms with van der Waals surface area (Å²) in [5.74, 6) is 0.670. The van der Waals surface area contributed by atoms with Gasteiger partial charge >= 0.3 is 0 Å². The molecule has 2 rings (SSSR count). The second-order valence-electron chi connectivity index (χ2n) is 6.22. The van der Waals surface area contributed by atoms with Gasteiger partial charge in [-0.3, -0.25) is 4.79 Å². The second-order valence-corrected chi connectivity index (χ2v) is 6.22. The van der Waals surface area contributed by atoms with Gasteiger partial charge in [-0.25, -0.2) is 0 Å². The van der Waals surface area contributed by atoms with E-state index < -0.39 is 6.10 Å². The van der Waals surface area contributed by atoms with Gasteiger partial charge in [0.1, 0.15) is 5.75 Å². The number of amides is 1. The van der Waals surface area contributed by atoms with Crippen molar-refractivity contribution >= 4 is 5.91 Å². The smallest absolute Gasteiger partial charge is 0.224 e. The molecular formula is C20H25NO3. The van der Waals surface area contributed by atoms with Crippen LogP contribution in [0.15, 0.2) is 48.5 Å². The maximum atomic E-state index is 12.0. The van der Waals surface area contributed by atoms with Crippen molar-refractivity contribution in [3.05, 3.63) is 65.2 Å². The van der Waals surface area contributed by atoms with E-state index in [1.54, 1.807) is 0 Å². The van der Waals surface area contributed by atoms with Gasteiger partial charge in [-0.1, -0.05) is 42.0 Å². The van der Waals surface area contributed by atoms with Gasteiger partial charge in [0.2, 0.25) is 5.91 Å². The number of carbonyl (C=O) groups is 1. The molecule has 2 aromatic carbocycles. The number of rotatable bonds is 7. The van der Waals surface area contributed by atoms with E-state index in [4.69, 9.17) is 4.74 Å². The average Bonchev–Trinajstić information content (AvgIpc) is 2.53. The molecule has 0 aliphatic carbocycles. The lowest BCUT2D eigenvalue weighted by Crippen LogP contribution is -2.29. The van der Waals surface area contributed by atoms with Crippen LogP contribution in [-0.2, 0) is 11.2 Å². The molecule has 0 saturated heterocycles. The summed E-state index contributed by atoms with van der Waals surface area (Å²) in [7, 11) is 0. The fourth-order valence-corrected chi connectivity index (χ4v) is 2.44. The van der Waals surface area contributed by atoms with E-state index in [-0.39, 0.29) is 18.6 Å². The molecule has 2 N–H and O–H groups in total. The Labute approximate surface area is 143 Å². The van der Waals surface area contributed by atoms with E-state index in [1.165, 1.54) is 0 Å². The van der Waals surface area contributed by atoms with Gasteiger partial charge < -0.3 is 15.2 Å². The molecule has 0 heterocycles. The first-order valence-corrected chi connectivity index (χ1v) is 8.21. The van der Waals surface area contributed by atoms with Crippen molar-refractivity contribution in [3.8, 4) is 5.75 Å². The zero-order chi connectivity index (χ0) is 17.5. The number of hydrogen-bond acceptors (Lipinski definition) is 3. The fraction of sp³-hybridized carbons (Fsp3) is 0.350. The van der Waals surface area contributed by atoms with Crippen LogP contribution < -0.4 is 10.1 Å². The average molecular weight is 327 g/mol. The van der Waals surface area contributed by atoms with Crippen molar-refractivity contribution in [2.24, 2.45) is 0 Å². The number of carbonyl (C=O) groups excluding carboxylic acids is 1. The highest BCUT2D eigenvalue weighted by Gasteiger charge is 2.10. The molecule has 4 nitrogen and oxygen atoms in total. The Morgan fingerprint density at radius 3 is 2.50 bits per heavy atom. The third-order valence-corrected chi connectivity index (χ3v) is 3.58. The van der Waals surface area contributed by atoms with Crippen molar-refractivity contribution < 1.29 is 14.6 Å². The lowest BCUT2D eigenvalue weighted by atomic mass is 10.1. The number of hydrogen-bond donors (Lipinski definition) is 2. The second kappa shape index (κ2) is 8.50. The third-order valence-electron chi connectivity index (χ3n) is 3.58. The highest BCUT2D eigenvalue weighted by molar-refractivity contribution is 5.78. The maximum Gasteiger partial charge on any atom is 0.224 e. The largest absolute Gasteiger partial charge is 0.491 e. The number of aryl methyl sites for hydroxylation is 1. The molecule has 128 valence electrons. The number of aliphatic hydroxyl groups excluding tert-OH is 1. The van der Waals surface area contributed by atoms with Gasteiger partial charge in [0.25, 0.3) is 0 Å². The normalized spacial score (nSPS) is 12.0. The zero-order valence-corrected chi connectivity index (χ0v) is 14.5. The van der Waals surface area contributed by atoms with Gasteiger partial charge in [-0.2, -0.15) is 0 Å². The molecule has 4 heteroatoms. The van der Waals surface area contributed by atoms with E-state index in [0.717, 1.165) is 22.4 Å². The lowest BCUT2D eigenvalue weighted by molar-refractivity contribution is -0.120. The van der Waals surface area contributed by atoms with Crippen molar-refractivity contribution in [2.45, 2.75) is 39.4 Å². The minimum Gasteiger partial charge on any atom is -0.491 e. The summed E-state index contributed by atoms with van der Waals surface area (Å²) in [6.45, 7) is 6.12. The Morgan fingerprint density at radius 2 is 1.88 bits per heavy atom. The third kappa shape index (κ3) is 5.70. The Bertz CT molecular complexity index is 665. The molecule has 0 aliphatic heterocycles. The van der Waals surface area contributed by atoms with Crippen LogP contribution in [0.1, 0.15) is 36.6 Å². The minimum atomic E-state index is -0.737. The summed E-state index contributed by atoms with van der Waals surface area (Å²) in [4.78, 5) is 12.0. The molecular weight excluding hydrogens is 302 g/mol. The SMILES string of the molecule is Cc1cccc(CC(=O)NCC(O)c2ccc(OC(C)C)cc2)c1. The van der Waals surface area contributed by atoms with Crippen molar-refractivity contribution in [1.82, 2.24) is 5.32 Å². The van der Waals surface area contributed by atoms with E-state index >= 15 is 0 Å². The van der Waals surface area contributed by atoms with Crippen LogP contribution >= 0.6 is 0 Å². The monoisotopic (exact) mass is 327 g/mol. The first kappa shape index (κ1) is 18.0. The number of benzene rings is 2. The van der Waals surface area contributed by atoms with Crippen LogP contribution in [0.5, 0.6) is 5.75 Å². The van der Waals surface area contributed by atoms with Gasteiger partial charge in [-0.05, 0) is 44.0 Å². The van der Waals surface area contributed by atoms with Gasteiger partial charge in [-0.15, -0.1) is 0 Å². The summed E-state index contributed by atoms with van der Waals surface area (Å²) in [6.07, 6.45) is -0.309. The Hall–Kier alpha value is -2.33. The van der Waals surface area contributed by atoms with Crippen molar-refractivity contribution in [3.63, 3.8) is 0 Å². The van der Waals surface area contributed by atoms with Gasteiger partial charge in [0.05, 0.1) is 18.6 Å². The first-order valence-electron chi connectivity index (χ1n) is 8.21. The summed E-state index contributed by atoms with van der Waals surface area (Å²) >= 11 is 0. The van der Waals surface area contributed by atoms with Crippen molar-refractivity contribution in [2.75, 3.05) is 6.54 Å². The molecule has 1 amide bonds. The molecule has 0 saturated carbocycles. The molecule has 0 fully saturated rings. The molecule has 0 bridgehead atoms. The van der Waals surface area contributed by atoms with Crippen LogP contribution in [0.2, 0.25) is 0 Å². The Balaban J connectivity index is 1.83. The molecule has 2 aromatic rings. The number of ether oxygens (including phenoxy) is 1. The molecule has 24 heavy (non-hydrogen) atoms. The Morgan fingerprint density at radius 1 is 1.17 bits per heavy atom. The predicted octanol–water partition coefficient (Wildman–Crippen LogP) is 3.17. The zero-order valence-electron chi connectivity index (χ0n) is 14.5. The molecule has 0 aromatic heterocycles. The first-order chi connectivity index (χ1) is 11.4. The number of aliphatic hydroxyl groups is 1. The van der Waals surface area contributed by atoms with Crippen LogP contribution in [-0.4, -0.2) is 23.7 Å². The maximum absolute atomic E-state index is 12.0. The highest BCUT2D eigenvalue weighted by atomic mass is 16.5. The Kier molecular flexibility index (Phi) is 6.38. The molecule has 0 spiro atoms. The van der Waals surface area contributed by atoms with E-state index in [2.05, 4.69) is 5.32 Å². The van der Waals surface area contributed by atoms with Crippen LogP contribution in [0, 0.1) is 6.92 Å². The van der Waals surface area contributed by atoms with E-state index in [1.807, 2.05) is 69.3 Å².